The van der Waals surface area contributed by atoms with Crippen LogP contribution in [0.2, 0.25) is 0 Å². The molecule has 3 aromatic carbocycles. The van der Waals surface area contributed by atoms with E-state index in [0.717, 1.165) is 33.7 Å². The van der Waals surface area contributed by atoms with Crippen molar-refractivity contribution in [2.75, 3.05) is 11.4 Å². The van der Waals surface area contributed by atoms with Crippen LogP contribution in [-0.2, 0) is 17.8 Å². The van der Waals surface area contributed by atoms with Crippen molar-refractivity contribution < 1.29 is 9.59 Å². The summed E-state index contributed by atoms with van der Waals surface area (Å²) in [6, 6.07) is 23.4. The molecule has 0 bridgehead atoms. The second kappa shape index (κ2) is 10.6. The van der Waals surface area contributed by atoms with Gasteiger partial charge in [0, 0.05) is 30.3 Å². The highest BCUT2D eigenvalue weighted by molar-refractivity contribution is 5.96. The number of hydrogen-bond donors (Lipinski definition) is 1. The Morgan fingerprint density at radius 1 is 0.971 bits per heavy atom. The number of carbonyl (C=O) groups is 2. The van der Waals surface area contributed by atoms with E-state index in [4.69, 9.17) is 4.98 Å². The Hall–Kier alpha value is -3.93. The van der Waals surface area contributed by atoms with Gasteiger partial charge in [0.1, 0.15) is 12.4 Å². The fourth-order valence-corrected chi connectivity index (χ4v) is 4.47. The number of para-hydroxylation sites is 3. The molecule has 6 nitrogen and oxygen atoms in total. The van der Waals surface area contributed by atoms with Gasteiger partial charge in [0.05, 0.1) is 11.0 Å². The van der Waals surface area contributed by atoms with Crippen LogP contribution in [0.3, 0.4) is 0 Å². The summed E-state index contributed by atoms with van der Waals surface area (Å²) in [6.45, 7) is 8.59. The Bertz CT molecular complexity index is 1340. The van der Waals surface area contributed by atoms with Gasteiger partial charge in [-0.2, -0.15) is 0 Å². The number of fused-ring (bicyclic) bond motifs is 1. The Labute approximate surface area is 206 Å². The van der Waals surface area contributed by atoms with E-state index in [9.17, 15) is 9.59 Å². The van der Waals surface area contributed by atoms with Crippen molar-refractivity contribution in [1.29, 1.82) is 0 Å². The van der Waals surface area contributed by atoms with Crippen molar-refractivity contribution in [3.8, 4) is 0 Å². The molecule has 0 saturated carbocycles. The molecule has 35 heavy (non-hydrogen) atoms. The van der Waals surface area contributed by atoms with Crippen LogP contribution >= 0.6 is 0 Å². The van der Waals surface area contributed by atoms with Gasteiger partial charge < -0.3 is 14.8 Å². The van der Waals surface area contributed by atoms with Gasteiger partial charge in [-0.1, -0.05) is 48.0 Å². The minimum absolute atomic E-state index is 0.00470. The maximum atomic E-state index is 13.5. The second-order valence-corrected chi connectivity index (χ2v) is 9.12. The van der Waals surface area contributed by atoms with Gasteiger partial charge >= 0.3 is 0 Å². The molecule has 1 aromatic heterocycles. The van der Waals surface area contributed by atoms with Crippen LogP contribution in [0.15, 0.2) is 72.8 Å². The third kappa shape index (κ3) is 5.43. The lowest BCUT2D eigenvalue weighted by Crippen LogP contribution is -2.39. The summed E-state index contributed by atoms with van der Waals surface area (Å²) in [4.78, 5) is 32.8. The van der Waals surface area contributed by atoms with E-state index >= 15 is 0 Å². The summed E-state index contributed by atoms with van der Waals surface area (Å²) in [5.74, 6) is 0.670. The number of carbonyl (C=O) groups excluding carboxylic acids is 2. The fraction of sp³-hybridized carbons (Fsp3) is 0.276. The van der Waals surface area contributed by atoms with Crippen molar-refractivity contribution in [3.05, 3.63) is 95.3 Å². The Kier molecular flexibility index (Phi) is 7.30. The largest absolute Gasteiger partial charge is 0.352 e. The molecule has 0 unspecified atom stereocenters. The summed E-state index contributed by atoms with van der Waals surface area (Å²) < 4.78 is 1.97. The molecule has 0 spiro atoms. The summed E-state index contributed by atoms with van der Waals surface area (Å²) in [6.07, 6.45) is 0.519. The molecule has 2 amide bonds. The summed E-state index contributed by atoms with van der Waals surface area (Å²) in [7, 11) is 0. The first-order valence-electron chi connectivity index (χ1n) is 12.0. The van der Waals surface area contributed by atoms with Crippen LogP contribution in [0.5, 0.6) is 0 Å². The van der Waals surface area contributed by atoms with Crippen molar-refractivity contribution in [3.63, 3.8) is 0 Å². The smallest absolute Gasteiger partial charge is 0.251 e. The summed E-state index contributed by atoms with van der Waals surface area (Å²) >= 11 is 0. The van der Waals surface area contributed by atoms with E-state index in [-0.39, 0.29) is 24.4 Å². The lowest BCUT2D eigenvalue weighted by atomic mass is 10.1. The molecule has 1 N–H and O–H groups in total. The Morgan fingerprint density at radius 3 is 2.40 bits per heavy atom. The Morgan fingerprint density at radius 2 is 1.69 bits per heavy atom. The van der Waals surface area contributed by atoms with Gasteiger partial charge in [0.15, 0.2) is 0 Å². The number of aryl methyl sites for hydroxylation is 2. The number of anilines is 1. The third-order valence-electron chi connectivity index (χ3n) is 6.11. The van der Waals surface area contributed by atoms with Crippen molar-refractivity contribution >= 4 is 28.5 Å². The molecule has 1 heterocycles. The zero-order valence-electron chi connectivity index (χ0n) is 20.8. The molecular formula is C29H32N4O2. The molecule has 0 atom stereocenters. The third-order valence-corrected chi connectivity index (χ3v) is 6.11. The number of nitrogens with one attached hydrogen (secondary N) is 1. The van der Waals surface area contributed by atoms with E-state index < -0.39 is 0 Å². The molecule has 0 aliphatic carbocycles. The van der Waals surface area contributed by atoms with Crippen LogP contribution in [0, 0.1) is 13.8 Å². The van der Waals surface area contributed by atoms with Crippen LogP contribution < -0.4 is 10.2 Å². The molecule has 0 radical (unpaired) electrons. The van der Waals surface area contributed by atoms with Crippen LogP contribution in [0.1, 0.15) is 41.2 Å². The molecule has 4 aromatic rings. The molecule has 0 aliphatic heterocycles. The van der Waals surface area contributed by atoms with Gasteiger partial charge in [-0.05, 0) is 63.6 Å². The topological polar surface area (TPSA) is 67.2 Å². The predicted molar refractivity (Wildman–Crippen MR) is 141 cm³/mol. The molecule has 0 saturated heterocycles. The van der Waals surface area contributed by atoms with Crippen molar-refractivity contribution in [2.24, 2.45) is 0 Å². The number of benzene rings is 3. The molecular weight excluding hydrogens is 436 g/mol. The summed E-state index contributed by atoms with van der Waals surface area (Å²) in [5, 5.41) is 3.01. The molecule has 0 fully saturated rings. The first kappa shape index (κ1) is 24.2. The van der Waals surface area contributed by atoms with E-state index in [2.05, 4.69) is 5.32 Å². The normalized spacial score (nSPS) is 11.1. The van der Waals surface area contributed by atoms with Crippen molar-refractivity contribution in [1.82, 2.24) is 14.9 Å². The number of hydrogen-bond acceptors (Lipinski definition) is 3. The number of imidazole rings is 1. The second-order valence-electron chi connectivity index (χ2n) is 9.12. The van der Waals surface area contributed by atoms with Crippen LogP contribution in [-0.4, -0.2) is 34.0 Å². The molecule has 0 aliphatic rings. The first-order chi connectivity index (χ1) is 16.8. The number of nitrogens with zero attached hydrogens (tertiary/aromatic N) is 3. The minimum Gasteiger partial charge on any atom is -0.352 e. The average molecular weight is 469 g/mol. The number of amides is 2. The molecule has 180 valence electrons. The number of rotatable bonds is 8. The number of aromatic nitrogens is 2. The Balaban J connectivity index is 1.54. The standard InChI is InChI=1S/C29H32N4O2/c1-20(2)33(23-10-6-5-7-11-23)28(34)19-32-26-13-9-8-12-25(26)31-27(32)16-17-30-29(35)24-15-14-21(3)18-22(24)4/h5-15,18,20H,16-17,19H2,1-4H3,(H,30,35). The zero-order valence-corrected chi connectivity index (χ0v) is 20.8. The van der Waals surface area contributed by atoms with Gasteiger partial charge in [-0.25, -0.2) is 4.98 Å². The SMILES string of the molecule is Cc1ccc(C(=O)NCCc2nc3ccccc3n2CC(=O)N(c2ccccc2)C(C)C)c(C)c1. The molecule has 6 heteroatoms. The van der Waals surface area contributed by atoms with E-state index in [0.29, 0.717) is 18.5 Å². The highest BCUT2D eigenvalue weighted by Gasteiger charge is 2.22. The van der Waals surface area contributed by atoms with Crippen molar-refractivity contribution in [2.45, 2.75) is 46.7 Å². The van der Waals surface area contributed by atoms with Gasteiger partial charge in [0.2, 0.25) is 5.91 Å². The predicted octanol–water partition coefficient (Wildman–Crippen LogP) is 5.07. The maximum absolute atomic E-state index is 13.5. The lowest BCUT2D eigenvalue weighted by molar-refractivity contribution is -0.119. The van der Waals surface area contributed by atoms with E-state index in [1.54, 1.807) is 0 Å². The molecule has 4 rings (SSSR count). The van der Waals surface area contributed by atoms with Gasteiger partial charge in [0.25, 0.3) is 5.91 Å². The van der Waals surface area contributed by atoms with E-state index in [1.807, 2.05) is 110 Å². The van der Waals surface area contributed by atoms with Crippen LogP contribution in [0.25, 0.3) is 11.0 Å². The quantitative estimate of drug-likeness (QED) is 0.393. The fourth-order valence-electron chi connectivity index (χ4n) is 4.47. The zero-order chi connectivity index (χ0) is 24.9. The maximum Gasteiger partial charge on any atom is 0.251 e. The van der Waals surface area contributed by atoms with Gasteiger partial charge in [-0.15, -0.1) is 0 Å². The monoisotopic (exact) mass is 468 g/mol. The van der Waals surface area contributed by atoms with Crippen LogP contribution in [0.4, 0.5) is 5.69 Å². The first-order valence-corrected chi connectivity index (χ1v) is 12.0. The minimum atomic E-state index is -0.101. The van der Waals surface area contributed by atoms with E-state index in [1.165, 1.54) is 0 Å². The average Bonchev–Trinajstić information content (AvgIpc) is 3.16. The highest BCUT2D eigenvalue weighted by Crippen LogP contribution is 2.21. The van der Waals surface area contributed by atoms with Gasteiger partial charge in [-0.3, -0.25) is 9.59 Å². The summed E-state index contributed by atoms with van der Waals surface area (Å²) in [5.41, 5.74) is 5.38. The lowest BCUT2D eigenvalue weighted by Gasteiger charge is -2.27. The highest BCUT2D eigenvalue weighted by atomic mass is 16.2.